The predicted molar refractivity (Wildman–Crippen MR) is 96.8 cm³/mol. The molecule has 2 heterocycles. The second-order valence-electron chi connectivity index (χ2n) is 7.45. The molecule has 1 saturated carbocycles. The minimum atomic E-state index is -1.24. The van der Waals surface area contributed by atoms with Crippen molar-refractivity contribution in [1.29, 1.82) is 0 Å². The Labute approximate surface area is 156 Å². The zero-order valence-electron chi connectivity index (χ0n) is 15.2. The van der Waals surface area contributed by atoms with Crippen LogP contribution < -0.4 is 10.5 Å². The summed E-state index contributed by atoms with van der Waals surface area (Å²) >= 11 is 0. The van der Waals surface area contributed by atoms with Crippen molar-refractivity contribution in [1.82, 2.24) is 9.55 Å². The third-order valence-electron chi connectivity index (χ3n) is 4.59. The molecule has 0 unspecified atom stereocenters. The zero-order chi connectivity index (χ0) is 19.3. The molecule has 27 heavy (non-hydrogen) atoms. The van der Waals surface area contributed by atoms with E-state index < -0.39 is 17.3 Å². The maximum Gasteiger partial charge on any atom is 0.269 e. The smallest absolute Gasteiger partial charge is 0.269 e. The van der Waals surface area contributed by atoms with Crippen LogP contribution in [0.15, 0.2) is 12.1 Å². The number of aromatic nitrogens is 2. The largest absolute Gasteiger partial charge is 0.491 e. The number of nitrogens with zero attached hydrogens (tertiary/aromatic N) is 2. The summed E-state index contributed by atoms with van der Waals surface area (Å²) in [6.45, 7) is 3.89. The highest BCUT2D eigenvalue weighted by molar-refractivity contribution is 5.93. The number of nitrogens with two attached hydrogens (primary N) is 1. The van der Waals surface area contributed by atoms with Crippen LogP contribution in [0, 0.1) is 17.7 Å². The molecule has 140 valence electrons. The number of fused-ring (bicyclic) bond motifs is 3. The lowest BCUT2D eigenvalue weighted by Crippen LogP contribution is -2.16. The van der Waals surface area contributed by atoms with Gasteiger partial charge in [0.25, 0.3) is 5.91 Å². The van der Waals surface area contributed by atoms with Gasteiger partial charge in [0.2, 0.25) is 0 Å². The maximum absolute atomic E-state index is 14.4. The first kappa shape index (κ1) is 17.6. The van der Waals surface area contributed by atoms with Crippen LogP contribution >= 0.6 is 0 Å². The number of carbonyl (C=O) groups is 1. The Bertz CT molecular complexity index is 1000. The zero-order valence-corrected chi connectivity index (χ0v) is 15.2. The molecule has 0 bridgehead atoms. The molecule has 2 aliphatic rings. The minimum absolute atomic E-state index is 0.129. The molecule has 6 nitrogen and oxygen atoms in total. The van der Waals surface area contributed by atoms with Crippen molar-refractivity contribution in [2.24, 2.45) is 5.73 Å². The number of hydrogen-bond donors (Lipinski definition) is 2. The number of aliphatic hydroxyl groups is 1. The summed E-state index contributed by atoms with van der Waals surface area (Å²) in [4.78, 5) is 16.4. The second-order valence-corrected chi connectivity index (χ2v) is 7.45. The predicted octanol–water partition coefficient (Wildman–Crippen LogP) is 2.18. The van der Waals surface area contributed by atoms with Gasteiger partial charge in [-0.2, -0.15) is 0 Å². The third-order valence-corrected chi connectivity index (χ3v) is 4.59. The van der Waals surface area contributed by atoms with Crippen LogP contribution in [0.1, 0.15) is 54.4 Å². The average Bonchev–Trinajstić information content (AvgIpc) is 3.36. The van der Waals surface area contributed by atoms with Crippen LogP contribution in [0.2, 0.25) is 0 Å². The van der Waals surface area contributed by atoms with Crippen molar-refractivity contribution in [3.05, 3.63) is 34.9 Å². The van der Waals surface area contributed by atoms with Crippen LogP contribution in [0.4, 0.5) is 4.39 Å². The van der Waals surface area contributed by atoms with E-state index in [1.54, 1.807) is 6.07 Å². The molecule has 3 N–H and O–H groups in total. The van der Waals surface area contributed by atoms with Gasteiger partial charge in [0, 0.05) is 12.0 Å². The lowest BCUT2D eigenvalue weighted by atomic mass is 10.1. The van der Waals surface area contributed by atoms with Gasteiger partial charge in [0.05, 0.1) is 23.4 Å². The molecule has 2 aromatic rings. The lowest BCUT2D eigenvalue weighted by Gasteiger charge is -2.09. The van der Waals surface area contributed by atoms with E-state index in [1.807, 2.05) is 4.57 Å². The van der Waals surface area contributed by atoms with Gasteiger partial charge < -0.3 is 20.1 Å². The topological polar surface area (TPSA) is 90.4 Å². The molecule has 1 aliphatic heterocycles. The standard InChI is InChI=1S/C20H20FN3O3/c1-20(2,26)6-5-12-9-13-15(10-14(12)21)27-8-7-24-17(11-3-4-11)16(18(22)25)23-19(13)24/h9-11,26H,3-4,7-8H2,1-2H3,(H2,22,25). The van der Waals surface area contributed by atoms with E-state index in [0.717, 1.165) is 18.5 Å². The van der Waals surface area contributed by atoms with Crippen LogP contribution in [0.5, 0.6) is 5.75 Å². The van der Waals surface area contributed by atoms with Crippen molar-refractivity contribution >= 4 is 5.91 Å². The van der Waals surface area contributed by atoms with Gasteiger partial charge in [-0.15, -0.1) is 0 Å². The van der Waals surface area contributed by atoms with E-state index in [1.165, 1.54) is 19.9 Å². The Morgan fingerprint density at radius 1 is 1.44 bits per heavy atom. The summed E-state index contributed by atoms with van der Waals surface area (Å²) in [5, 5.41) is 9.79. The Hall–Kier alpha value is -2.85. The maximum atomic E-state index is 14.4. The first-order chi connectivity index (χ1) is 12.7. The Balaban J connectivity index is 1.91. The molecule has 4 rings (SSSR count). The normalized spacial score (nSPS) is 15.7. The van der Waals surface area contributed by atoms with E-state index in [-0.39, 0.29) is 17.2 Å². The Morgan fingerprint density at radius 2 is 2.19 bits per heavy atom. The van der Waals surface area contributed by atoms with Gasteiger partial charge in [-0.3, -0.25) is 4.79 Å². The van der Waals surface area contributed by atoms with Crippen LogP contribution in [-0.4, -0.2) is 32.8 Å². The first-order valence-corrected chi connectivity index (χ1v) is 8.87. The second kappa shape index (κ2) is 6.10. The van der Waals surface area contributed by atoms with Crippen molar-refractivity contribution in [2.45, 2.75) is 44.8 Å². The van der Waals surface area contributed by atoms with Gasteiger partial charge in [0.1, 0.15) is 35.3 Å². The van der Waals surface area contributed by atoms with Gasteiger partial charge in [0.15, 0.2) is 0 Å². The fourth-order valence-corrected chi connectivity index (χ4v) is 3.26. The molecular formula is C20H20FN3O3. The number of halogens is 1. The van der Waals surface area contributed by atoms with E-state index in [9.17, 15) is 14.3 Å². The lowest BCUT2D eigenvalue weighted by molar-refractivity contribution is 0.0994. The number of amides is 1. The van der Waals surface area contributed by atoms with Crippen LogP contribution in [-0.2, 0) is 6.54 Å². The van der Waals surface area contributed by atoms with Crippen molar-refractivity contribution in [3.63, 3.8) is 0 Å². The highest BCUT2D eigenvalue weighted by Crippen LogP contribution is 2.45. The molecule has 0 saturated heterocycles. The van der Waals surface area contributed by atoms with Gasteiger partial charge >= 0.3 is 0 Å². The fourth-order valence-electron chi connectivity index (χ4n) is 3.26. The van der Waals surface area contributed by atoms with Crippen LogP contribution in [0.3, 0.4) is 0 Å². The van der Waals surface area contributed by atoms with Crippen molar-refractivity contribution in [2.75, 3.05) is 6.61 Å². The van der Waals surface area contributed by atoms with Crippen molar-refractivity contribution in [3.8, 4) is 29.0 Å². The number of primary amides is 1. The summed E-state index contributed by atoms with van der Waals surface area (Å²) in [5.74, 6) is 5.33. The molecule has 1 aromatic carbocycles. The first-order valence-electron chi connectivity index (χ1n) is 8.87. The molecular weight excluding hydrogens is 349 g/mol. The molecule has 1 aromatic heterocycles. The monoisotopic (exact) mass is 369 g/mol. The van der Waals surface area contributed by atoms with Gasteiger partial charge in [-0.1, -0.05) is 11.8 Å². The Kier molecular flexibility index (Phi) is 3.97. The molecule has 7 heteroatoms. The number of rotatable bonds is 2. The van der Waals surface area contributed by atoms with Gasteiger partial charge in [-0.05, 0) is 32.8 Å². The molecule has 0 atom stereocenters. The highest BCUT2D eigenvalue weighted by Gasteiger charge is 2.35. The number of hydrogen-bond acceptors (Lipinski definition) is 4. The molecule has 0 radical (unpaired) electrons. The van der Waals surface area contributed by atoms with E-state index in [0.29, 0.717) is 30.3 Å². The van der Waals surface area contributed by atoms with E-state index in [2.05, 4.69) is 16.8 Å². The van der Waals surface area contributed by atoms with E-state index in [4.69, 9.17) is 10.5 Å². The van der Waals surface area contributed by atoms with Crippen molar-refractivity contribution < 1.29 is 19.0 Å². The van der Waals surface area contributed by atoms with E-state index >= 15 is 0 Å². The Morgan fingerprint density at radius 3 is 2.81 bits per heavy atom. The highest BCUT2D eigenvalue weighted by atomic mass is 19.1. The van der Waals surface area contributed by atoms with Crippen LogP contribution in [0.25, 0.3) is 11.4 Å². The summed E-state index contributed by atoms with van der Waals surface area (Å²) in [6.07, 6.45) is 1.98. The summed E-state index contributed by atoms with van der Waals surface area (Å²) < 4.78 is 22.1. The fraction of sp³-hybridized carbons (Fsp3) is 0.400. The third kappa shape index (κ3) is 3.28. The SMILES string of the molecule is CC(C)(O)C#Cc1cc2c(cc1F)OCCn1c-2nc(C(N)=O)c1C1CC1. The molecule has 1 amide bonds. The molecule has 1 fully saturated rings. The summed E-state index contributed by atoms with van der Waals surface area (Å²) in [7, 11) is 0. The number of benzene rings is 1. The minimum Gasteiger partial charge on any atom is -0.491 e. The number of ether oxygens (including phenoxy) is 1. The number of carbonyl (C=O) groups excluding carboxylic acids is 1. The summed E-state index contributed by atoms with van der Waals surface area (Å²) in [5.41, 5.74) is 6.10. The quantitative estimate of drug-likeness (QED) is 0.794. The average molecular weight is 369 g/mol. The summed E-state index contributed by atoms with van der Waals surface area (Å²) in [6, 6.07) is 2.82. The molecule has 1 aliphatic carbocycles. The van der Waals surface area contributed by atoms with Gasteiger partial charge in [-0.25, -0.2) is 9.37 Å². The number of imidazole rings is 1. The molecule has 0 spiro atoms.